The summed E-state index contributed by atoms with van der Waals surface area (Å²) < 4.78 is 0. The van der Waals surface area contributed by atoms with Crippen molar-refractivity contribution in [3.05, 3.63) is 0 Å². The summed E-state index contributed by atoms with van der Waals surface area (Å²) in [6, 6.07) is 0.311. The lowest BCUT2D eigenvalue weighted by atomic mass is 10.1. The van der Waals surface area contributed by atoms with Gasteiger partial charge >= 0.3 is 0 Å². The normalized spacial score (nSPS) is 15.7. The number of nitrogens with zero attached hydrogens (tertiary/aromatic N) is 1. The Hall–Kier alpha value is -1.10. The summed E-state index contributed by atoms with van der Waals surface area (Å²) in [4.78, 5) is 25.9. The average molecular weight is 297 g/mol. The molecule has 5 heteroatoms. The van der Waals surface area contributed by atoms with E-state index < -0.39 is 0 Å². The second kappa shape index (κ2) is 10.6. The predicted octanol–water partition coefficient (Wildman–Crippen LogP) is 1.67. The molecule has 21 heavy (non-hydrogen) atoms. The highest BCUT2D eigenvalue weighted by Gasteiger charge is 2.16. The zero-order chi connectivity index (χ0) is 15.5. The lowest BCUT2D eigenvalue weighted by Crippen LogP contribution is -2.42. The maximum Gasteiger partial charge on any atom is 0.222 e. The molecule has 0 saturated carbocycles. The molecule has 1 heterocycles. The molecule has 0 aromatic carbocycles. The van der Waals surface area contributed by atoms with Gasteiger partial charge in [0, 0.05) is 32.0 Å². The van der Waals surface area contributed by atoms with Crippen LogP contribution in [0.1, 0.15) is 58.8 Å². The van der Waals surface area contributed by atoms with Crippen molar-refractivity contribution in [3.63, 3.8) is 0 Å². The van der Waals surface area contributed by atoms with E-state index in [1.165, 1.54) is 0 Å². The first-order chi connectivity index (χ1) is 10.2. The molecule has 2 N–H and O–H groups in total. The number of hydrogen-bond acceptors (Lipinski definition) is 3. The fourth-order valence-electron chi connectivity index (χ4n) is 2.73. The van der Waals surface area contributed by atoms with E-state index in [1.54, 1.807) is 0 Å². The number of amides is 2. The highest BCUT2D eigenvalue weighted by atomic mass is 16.2. The topological polar surface area (TPSA) is 61.4 Å². The second-order valence-corrected chi connectivity index (χ2v) is 5.83. The zero-order valence-corrected chi connectivity index (χ0v) is 13.6. The van der Waals surface area contributed by atoms with Crippen molar-refractivity contribution < 1.29 is 9.59 Å². The Kier molecular flexibility index (Phi) is 9.06. The van der Waals surface area contributed by atoms with Gasteiger partial charge in [-0.1, -0.05) is 13.8 Å². The molecule has 0 aromatic heterocycles. The lowest BCUT2D eigenvalue weighted by molar-refractivity contribution is -0.131. The fourth-order valence-corrected chi connectivity index (χ4v) is 2.73. The molecule has 1 saturated heterocycles. The quantitative estimate of drug-likeness (QED) is 0.680. The van der Waals surface area contributed by atoms with Crippen molar-refractivity contribution in [3.8, 4) is 0 Å². The van der Waals surface area contributed by atoms with Gasteiger partial charge in [-0.3, -0.25) is 9.59 Å². The number of piperidine rings is 1. The van der Waals surface area contributed by atoms with Crippen molar-refractivity contribution in [1.82, 2.24) is 15.5 Å². The Balaban J connectivity index is 2.18. The molecule has 0 unspecified atom stereocenters. The third-order valence-corrected chi connectivity index (χ3v) is 3.84. The summed E-state index contributed by atoms with van der Waals surface area (Å²) in [6.07, 6.45) is 5.59. The van der Waals surface area contributed by atoms with Crippen molar-refractivity contribution in [2.24, 2.45) is 0 Å². The molecule has 0 aromatic rings. The second-order valence-electron chi connectivity index (χ2n) is 5.83. The summed E-state index contributed by atoms with van der Waals surface area (Å²) in [5.41, 5.74) is 0. The van der Waals surface area contributed by atoms with Crippen LogP contribution < -0.4 is 10.6 Å². The van der Waals surface area contributed by atoms with Crippen LogP contribution in [-0.2, 0) is 9.59 Å². The number of rotatable bonds is 9. The van der Waals surface area contributed by atoms with Gasteiger partial charge in [0.2, 0.25) is 11.8 Å². The van der Waals surface area contributed by atoms with Crippen LogP contribution in [0.4, 0.5) is 0 Å². The van der Waals surface area contributed by atoms with Gasteiger partial charge in [-0.15, -0.1) is 0 Å². The standard InChI is InChI=1S/C16H31N3O2/c1-3-12-19(13-4-2)16(21)7-5-6-15(20)18-14-8-10-17-11-9-14/h14,17H,3-13H2,1-2H3,(H,18,20). The van der Waals surface area contributed by atoms with Crippen LogP contribution in [0.3, 0.4) is 0 Å². The molecular formula is C16H31N3O2. The lowest BCUT2D eigenvalue weighted by Gasteiger charge is -2.24. The monoisotopic (exact) mass is 297 g/mol. The van der Waals surface area contributed by atoms with Crippen LogP contribution in [0.15, 0.2) is 0 Å². The molecule has 1 rings (SSSR count). The van der Waals surface area contributed by atoms with Crippen LogP contribution in [0.25, 0.3) is 0 Å². The maximum atomic E-state index is 12.1. The van der Waals surface area contributed by atoms with E-state index in [9.17, 15) is 9.59 Å². The van der Waals surface area contributed by atoms with E-state index in [0.717, 1.165) is 51.9 Å². The minimum atomic E-state index is 0.0900. The predicted molar refractivity (Wildman–Crippen MR) is 85.0 cm³/mol. The third kappa shape index (κ3) is 7.46. The molecule has 0 radical (unpaired) electrons. The summed E-state index contributed by atoms with van der Waals surface area (Å²) in [6.45, 7) is 7.78. The van der Waals surface area contributed by atoms with E-state index in [0.29, 0.717) is 25.3 Å². The third-order valence-electron chi connectivity index (χ3n) is 3.84. The van der Waals surface area contributed by atoms with Gasteiger partial charge in [0.1, 0.15) is 0 Å². The first kappa shape index (κ1) is 18.0. The fraction of sp³-hybridized carbons (Fsp3) is 0.875. The van der Waals surface area contributed by atoms with Gasteiger partial charge in [0.25, 0.3) is 0 Å². The van der Waals surface area contributed by atoms with Gasteiger partial charge in [0.05, 0.1) is 0 Å². The summed E-state index contributed by atoms with van der Waals surface area (Å²) in [7, 11) is 0. The number of hydrogen-bond donors (Lipinski definition) is 2. The van der Waals surface area contributed by atoms with Crippen molar-refractivity contribution in [2.75, 3.05) is 26.2 Å². The van der Waals surface area contributed by atoms with Crippen molar-refractivity contribution in [1.29, 1.82) is 0 Å². The van der Waals surface area contributed by atoms with Gasteiger partial charge in [-0.25, -0.2) is 0 Å². The molecule has 5 nitrogen and oxygen atoms in total. The zero-order valence-electron chi connectivity index (χ0n) is 13.6. The number of carbonyl (C=O) groups excluding carboxylic acids is 2. The first-order valence-corrected chi connectivity index (χ1v) is 8.45. The Morgan fingerprint density at radius 3 is 2.29 bits per heavy atom. The average Bonchev–Trinajstić information content (AvgIpc) is 2.48. The smallest absolute Gasteiger partial charge is 0.222 e. The Morgan fingerprint density at radius 2 is 1.71 bits per heavy atom. The van der Waals surface area contributed by atoms with Gasteiger partial charge in [-0.05, 0) is 45.2 Å². The van der Waals surface area contributed by atoms with Crippen LogP contribution in [0, 0.1) is 0 Å². The van der Waals surface area contributed by atoms with Gasteiger partial charge in [0.15, 0.2) is 0 Å². The van der Waals surface area contributed by atoms with E-state index in [2.05, 4.69) is 24.5 Å². The number of nitrogens with one attached hydrogen (secondary N) is 2. The van der Waals surface area contributed by atoms with E-state index >= 15 is 0 Å². The molecule has 1 fully saturated rings. The van der Waals surface area contributed by atoms with E-state index in [1.807, 2.05) is 4.90 Å². The van der Waals surface area contributed by atoms with Crippen LogP contribution in [0.2, 0.25) is 0 Å². The molecule has 2 amide bonds. The largest absolute Gasteiger partial charge is 0.353 e. The van der Waals surface area contributed by atoms with Crippen LogP contribution in [0.5, 0.6) is 0 Å². The minimum Gasteiger partial charge on any atom is -0.353 e. The van der Waals surface area contributed by atoms with E-state index in [-0.39, 0.29) is 11.8 Å². The molecule has 1 aliphatic heterocycles. The molecule has 122 valence electrons. The Morgan fingerprint density at radius 1 is 1.10 bits per heavy atom. The van der Waals surface area contributed by atoms with Crippen LogP contribution >= 0.6 is 0 Å². The maximum absolute atomic E-state index is 12.1. The Bertz CT molecular complexity index is 309. The van der Waals surface area contributed by atoms with Crippen molar-refractivity contribution in [2.45, 2.75) is 64.8 Å². The molecule has 1 aliphatic rings. The molecule has 0 bridgehead atoms. The van der Waals surface area contributed by atoms with Crippen molar-refractivity contribution >= 4 is 11.8 Å². The molecule has 0 aliphatic carbocycles. The summed E-state index contributed by atoms with van der Waals surface area (Å²) in [5, 5.41) is 6.35. The summed E-state index contributed by atoms with van der Waals surface area (Å²) in [5.74, 6) is 0.278. The van der Waals surface area contributed by atoms with E-state index in [4.69, 9.17) is 0 Å². The molecule has 0 spiro atoms. The molecule has 0 atom stereocenters. The highest BCUT2D eigenvalue weighted by molar-refractivity contribution is 5.79. The minimum absolute atomic E-state index is 0.0900. The SMILES string of the molecule is CCCN(CCC)C(=O)CCCC(=O)NC1CCNCC1. The Labute approximate surface area is 128 Å². The molecular weight excluding hydrogens is 266 g/mol. The summed E-state index contributed by atoms with van der Waals surface area (Å²) >= 11 is 0. The number of carbonyl (C=O) groups is 2. The highest BCUT2D eigenvalue weighted by Crippen LogP contribution is 2.06. The van der Waals surface area contributed by atoms with Gasteiger partial charge in [-0.2, -0.15) is 0 Å². The van der Waals surface area contributed by atoms with Gasteiger partial charge < -0.3 is 15.5 Å². The van der Waals surface area contributed by atoms with Crippen LogP contribution in [-0.4, -0.2) is 48.9 Å². The first-order valence-electron chi connectivity index (χ1n) is 8.45.